The van der Waals surface area contributed by atoms with Crippen LogP contribution in [0.2, 0.25) is 0 Å². The summed E-state index contributed by atoms with van der Waals surface area (Å²) in [6, 6.07) is 4.01. The first-order chi connectivity index (χ1) is 18.3. The molecule has 1 atom stereocenters. The van der Waals surface area contributed by atoms with Crippen molar-refractivity contribution in [3.05, 3.63) is 64.9 Å². The second-order valence-corrected chi connectivity index (χ2v) is 11.0. The molecule has 8 nitrogen and oxygen atoms in total. The van der Waals surface area contributed by atoms with Crippen molar-refractivity contribution in [2.45, 2.75) is 66.0 Å². The number of hydrogen-bond donors (Lipinski definition) is 1. The van der Waals surface area contributed by atoms with E-state index in [0.29, 0.717) is 17.9 Å². The van der Waals surface area contributed by atoms with E-state index in [-0.39, 0.29) is 23.2 Å². The Hall–Kier alpha value is -3.76. The number of carbonyl (C=O) groups is 2. The van der Waals surface area contributed by atoms with E-state index in [4.69, 9.17) is 0 Å². The molecule has 3 aromatic rings. The monoisotopic (exact) mass is 542 g/mol. The molecule has 1 N–H and O–H groups in total. The molecule has 1 unspecified atom stereocenters. The van der Waals surface area contributed by atoms with Gasteiger partial charge in [-0.15, -0.1) is 0 Å². The predicted molar refractivity (Wildman–Crippen MR) is 141 cm³/mol. The van der Waals surface area contributed by atoms with Crippen molar-refractivity contribution < 1.29 is 22.8 Å². The van der Waals surface area contributed by atoms with Gasteiger partial charge in [-0.2, -0.15) is 18.3 Å². The number of aromatic nitrogens is 4. The Morgan fingerprint density at radius 3 is 2.36 bits per heavy atom. The van der Waals surface area contributed by atoms with Crippen molar-refractivity contribution in [1.29, 1.82) is 0 Å². The average Bonchev–Trinajstić information content (AvgIpc) is 3.08. The Labute approximate surface area is 225 Å². The van der Waals surface area contributed by atoms with Gasteiger partial charge in [-0.05, 0) is 56.9 Å². The largest absolute Gasteiger partial charge is 0.417 e. The third kappa shape index (κ3) is 6.29. The van der Waals surface area contributed by atoms with Crippen LogP contribution < -0.4 is 5.32 Å². The van der Waals surface area contributed by atoms with Crippen LogP contribution in [0.15, 0.2) is 36.8 Å². The molecule has 39 heavy (non-hydrogen) atoms. The number of alkyl halides is 3. The van der Waals surface area contributed by atoms with Gasteiger partial charge in [0.1, 0.15) is 0 Å². The number of pyridine rings is 2. The zero-order chi connectivity index (χ0) is 28.5. The van der Waals surface area contributed by atoms with E-state index in [9.17, 15) is 22.8 Å². The molecule has 0 bridgehead atoms. The molecule has 4 heterocycles. The molecule has 1 aliphatic rings. The van der Waals surface area contributed by atoms with Gasteiger partial charge in [0.05, 0.1) is 34.9 Å². The molecule has 1 fully saturated rings. The lowest BCUT2D eigenvalue weighted by molar-refractivity contribution is -0.139. The maximum absolute atomic E-state index is 13.0. The van der Waals surface area contributed by atoms with E-state index < -0.39 is 23.1 Å². The Kier molecular flexibility index (Phi) is 7.81. The van der Waals surface area contributed by atoms with Crippen LogP contribution in [0.25, 0.3) is 5.82 Å². The summed E-state index contributed by atoms with van der Waals surface area (Å²) in [6.45, 7) is 10.9. The number of carbonyl (C=O) groups excluding carboxylic acids is 2. The summed E-state index contributed by atoms with van der Waals surface area (Å²) in [5, 5.41) is 6.98. The summed E-state index contributed by atoms with van der Waals surface area (Å²) in [4.78, 5) is 36.2. The fraction of sp³-hybridized carbons (Fsp3) is 0.464. The number of aryl methyl sites for hydroxylation is 1. The van der Waals surface area contributed by atoms with Gasteiger partial charge in [-0.25, -0.2) is 9.67 Å². The predicted octanol–water partition coefficient (Wildman–Crippen LogP) is 5.69. The SMILES string of the molecule is Cc1cc(NC(=O)c2cnn(-c3ccc(C(F)(F)F)cn3)c2C)cnc1C1CCCN(C(=O)C(C)(C)C)CC1. The lowest BCUT2D eigenvalue weighted by Crippen LogP contribution is -2.40. The highest BCUT2D eigenvalue weighted by Gasteiger charge is 2.31. The highest BCUT2D eigenvalue weighted by molar-refractivity contribution is 6.04. The van der Waals surface area contributed by atoms with Gasteiger partial charge < -0.3 is 10.2 Å². The minimum atomic E-state index is -4.49. The Morgan fingerprint density at radius 2 is 1.74 bits per heavy atom. The number of nitrogens with one attached hydrogen (secondary N) is 1. The van der Waals surface area contributed by atoms with Gasteiger partial charge in [0, 0.05) is 36.3 Å². The molecule has 3 aromatic heterocycles. The van der Waals surface area contributed by atoms with E-state index in [1.54, 1.807) is 13.1 Å². The first-order valence-corrected chi connectivity index (χ1v) is 12.9. The summed E-state index contributed by atoms with van der Waals surface area (Å²) in [5.41, 5.74) is 1.89. The van der Waals surface area contributed by atoms with Crippen LogP contribution in [0.4, 0.5) is 18.9 Å². The van der Waals surface area contributed by atoms with E-state index >= 15 is 0 Å². The molecule has 2 amide bonds. The molecule has 11 heteroatoms. The maximum atomic E-state index is 13.0. The van der Waals surface area contributed by atoms with Crippen molar-refractivity contribution in [2.75, 3.05) is 18.4 Å². The Morgan fingerprint density at radius 1 is 1.00 bits per heavy atom. The van der Waals surface area contributed by atoms with Crippen LogP contribution in [-0.4, -0.2) is 49.6 Å². The maximum Gasteiger partial charge on any atom is 0.417 e. The third-order valence-electron chi connectivity index (χ3n) is 6.97. The van der Waals surface area contributed by atoms with Crippen molar-refractivity contribution in [3.63, 3.8) is 0 Å². The zero-order valence-corrected chi connectivity index (χ0v) is 22.8. The molecule has 0 saturated carbocycles. The van der Waals surface area contributed by atoms with E-state index in [2.05, 4.69) is 20.4 Å². The number of likely N-dealkylation sites (tertiary alicyclic amines) is 1. The fourth-order valence-corrected chi connectivity index (χ4v) is 4.87. The van der Waals surface area contributed by atoms with Crippen molar-refractivity contribution in [3.8, 4) is 5.82 Å². The quantitative estimate of drug-likeness (QED) is 0.457. The van der Waals surface area contributed by atoms with Crippen molar-refractivity contribution in [2.24, 2.45) is 5.41 Å². The molecular weight excluding hydrogens is 509 g/mol. The van der Waals surface area contributed by atoms with Gasteiger partial charge in [-0.1, -0.05) is 20.8 Å². The van der Waals surface area contributed by atoms with Gasteiger partial charge in [0.25, 0.3) is 5.91 Å². The van der Waals surface area contributed by atoms with Crippen molar-refractivity contribution in [1.82, 2.24) is 24.6 Å². The van der Waals surface area contributed by atoms with Crippen molar-refractivity contribution >= 4 is 17.5 Å². The number of amides is 2. The molecular formula is C28H33F3N6O2. The topological polar surface area (TPSA) is 93.0 Å². The Balaban J connectivity index is 1.44. The number of halogens is 3. The molecule has 0 aromatic carbocycles. The number of hydrogen-bond acceptors (Lipinski definition) is 5. The van der Waals surface area contributed by atoms with Crippen LogP contribution >= 0.6 is 0 Å². The minimum absolute atomic E-state index is 0.165. The fourth-order valence-electron chi connectivity index (χ4n) is 4.87. The number of nitrogens with zero attached hydrogens (tertiary/aromatic N) is 5. The Bertz CT molecular complexity index is 1360. The minimum Gasteiger partial charge on any atom is -0.342 e. The van der Waals surface area contributed by atoms with Gasteiger partial charge in [0.2, 0.25) is 5.91 Å². The number of rotatable bonds is 4. The molecule has 208 valence electrons. The van der Waals surface area contributed by atoms with Crippen LogP contribution in [0.5, 0.6) is 0 Å². The third-order valence-corrected chi connectivity index (χ3v) is 6.97. The molecule has 4 rings (SSSR count). The lowest BCUT2D eigenvalue weighted by atomic mass is 9.93. The summed E-state index contributed by atoms with van der Waals surface area (Å²) in [5.74, 6) is 0.154. The second-order valence-electron chi connectivity index (χ2n) is 11.0. The average molecular weight is 543 g/mol. The number of anilines is 1. The van der Waals surface area contributed by atoms with E-state index in [0.717, 1.165) is 49.3 Å². The smallest absolute Gasteiger partial charge is 0.342 e. The standard InChI is InChI=1S/C28H33F3N6O2/c1-17-13-21(15-33-24(17)19-7-6-11-36(12-10-19)26(39)27(3,4)5)35-25(38)22-16-34-37(18(22)2)23-9-8-20(14-32-23)28(29,30)31/h8-9,13-16,19H,6-7,10-12H2,1-5H3,(H,35,38). The van der Waals surface area contributed by atoms with Gasteiger partial charge >= 0.3 is 6.18 Å². The second kappa shape index (κ2) is 10.8. The molecule has 0 spiro atoms. The van der Waals surface area contributed by atoms with Crippen LogP contribution in [0.1, 0.15) is 78.8 Å². The van der Waals surface area contributed by atoms with E-state index in [1.807, 2.05) is 38.7 Å². The lowest BCUT2D eigenvalue weighted by Gasteiger charge is -2.28. The molecule has 1 aliphatic heterocycles. The van der Waals surface area contributed by atoms with Crippen LogP contribution in [0.3, 0.4) is 0 Å². The normalized spacial score (nSPS) is 16.6. The van der Waals surface area contributed by atoms with Gasteiger partial charge in [0.15, 0.2) is 5.82 Å². The molecule has 1 saturated heterocycles. The highest BCUT2D eigenvalue weighted by atomic mass is 19.4. The van der Waals surface area contributed by atoms with Gasteiger partial charge in [-0.3, -0.25) is 14.6 Å². The highest BCUT2D eigenvalue weighted by Crippen LogP contribution is 2.32. The first kappa shape index (κ1) is 28.3. The summed E-state index contributed by atoms with van der Waals surface area (Å²) >= 11 is 0. The zero-order valence-electron chi connectivity index (χ0n) is 22.8. The van der Waals surface area contributed by atoms with E-state index in [1.165, 1.54) is 16.9 Å². The van der Waals surface area contributed by atoms with Crippen LogP contribution in [0, 0.1) is 19.3 Å². The molecule has 0 aliphatic carbocycles. The van der Waals surface area contributed by atoms with Crippen LogP contribution in [-0.2, 0) is 11.0 Å². The summed E-state index contributed by atoms with van der Waals surface area (Å²) in [7, 11) is 0. The first-order valence-electron chi connectivity index (χ1n) is 12.9. The molecule has 0 radical (unpaired) electrons. The summed E-state index contributed by atoms with van der Waals surface area (Å²) < 4.78 is 39.9. The summed E-state index contributed by atoms with van der Waals surface area (Å²) in [6.07, 6.45) is 1.90.